The number of nitrogens with zero attached hydrogens (tertiary/aromatic N) is 1. The minimum Gasteiger partial charge on any atom is -0.440 e. The molecule has 82 valence electrons. The van der Waals surface area contributed by atoms with Crippen molar-refractivity contribution in [3.63, 3.8) is 0 Å². The van der Waals surface area contributed by atoms with Gasteiger partial charge in [-0.2, -0.15) is 0 Å². The van der Waals surface area contributed by atoms with Crippen molar-refractivity contribution in [3.05, 3.63) is 42.0 Å². The van der Waals surface area contributed by atoms with E-state index in [4.69, 9.17) is 15.6 Å². The fourth-order valence-corrected chi connectivity index (χ4v) is 2.07. The van der Waals surface area contributed by atoms with Crippen LogP contribution in [-0.4, -0.2) is 10.8 Å². The Balaban J connectivity index is 2.40. The molecular formula is C10H8FN3OS. The summed E-state index contributed by atoms with van der Waals surface area (Å²) in [6.07, 6.45) is 2.92. The van der Waals surface area contributed by atoms with Crippen LogP contribution in [0.3, 0.4) is 0 Å². The summed E-state index contributed by atoms with van der Waals surface area (Å²) in [4.78, 5) is 4.41. The number of oxazole rings is 1. The maximum Gasteiger partial charge on any atom is 0.260 e. The number of aromatic nitrogens is 1. The molecule has 0 spiro atoms. The SMILES string of the molecule is N=C(N)c1c(F)cccc1Sc1ncco1. The van der Waals surface area contributed by atoms with Crippen LogP contribution in [0, 0.1) is 11.2 Å². The van der Waals surface area contributed by atoms with Gasteiger partial charge < -0.3 is 10.2 Å². The second kappa shape index (κ2) is 4.36. The van der Waals surface area contributed by atoms with Crippen LogP contribution in [0.1, 0.15) is 5.56 Å². The van der Waals surface area contributed by atoms with Gasteiger partial charge in [0.25, 0.3) is 5.22 Å². The number of nitrogens with one attached hydrogen (secondary N) is 1. The molecular weight excluding hydrogens is 229 g/mol. The van der Waals surface area contributed by atoms with Crippen molar-refractivity contribution in [3.8, 4) is 0 Å². The maximum absolute atomic E-state index is 13.4. The number of hydrogen-bond donors (Lipinski definition) is 2. The van der Waals surface area contributed by atoms with Crippen LogP contribution >= 0.6 is 11.8 Å². The first-order chi connectivity index (χ1) is 7.68. The lowest BCUT2D eigenvalue weighted by Crippen LogP contribution is -2.14. The van der Waals surface area contributed by atoms with E-state index in [1.165, 1.54) is 18.5 Å². The van der Waals surface area contributed by atoms with E-state index in [2.05, 4.69) is 4.98 Å². The zero-order valence-electron chi connectivity index (χ0n) is 8.11. The van der Waals surface area contributed by atoms with Crippen molar-refractivity contribution in [2.24, 2.45) is 5.73 Å². The Kier molecular flexibility index (Phi) is 2.91. The van der Waals surface area contributed by atoms with Crippen LogP contribution in [0.4, 0.5) is 4.39 Å². The summed E-state index contributed by atoms with van der Waals surface area (Å²) in [6, 6.07) is 4.47. The van der Waals surface area contributed by atoms with Gasteiger partial charge in [-0.25, -0.2) is 9.37 Å². The Bertz CT molecular complexity index is 513. The van der Waals surface area contributed by atoms with Gasteiger partial charge in [0, 0.05) is 4.90 Å². The molecule has 0 bridgehead atoms. The molecule has 0 radical (unpaired) electrons. The third-order valence-corrected chi connectivity index (χ3v) is 2.79. The molecule has 4 nitrogen and oxygen atoms in total. The van der Waals surface area contributed by atoms with Gasteiger partial charge in [0.05, 0.1) is 11.8 Å². The molecule has 0 aliphatic carbocycles. The van der Waals surface area contributed by atoms with Gasteiger partial charge in [0.15, 0.2) is 0 Å². The standard InChI is InChI=1S/C10H8FN3OS/c11-6-2-1-3-7(8(6)9(12)13)16-10-14-4-5-15-10/h1-5H,(H3,12,13). The quantitative estimate of drug-likeness (QED) is 0.634. The first kappa shape index (κ1) is 10.7. The van der Waals surface area contributed by atoms with Gasteiger partial charge in [0.1, 0.15) is 17.9 Å². The van der Waals surface area contributed by atoms with Crippen molar-refractivity contribution in [1.29, 1.82) is 5.41 Å². The minimum absolute atomic E-state index is 0.0747. The predicted octanol–water partition coefficient (Wildman–Crippen LogP) is 2.25. The Morgan fingerprint density at radius 3 is 2.94 bits per heavy atom. The largest absolute Gasteiger partial charge is 0.440 e. The van der Waals surface area contributed by atoms with Crippen molar-refractivity contribution in [1.82, 2.24) is 4.98 Å². The number of rotatable bonds is 3. The molecule has 1 heterocycles. The normalized spacial score (nSPS) is 10.3. The fraction of sp³-hybridized carbons (Fsp3) is 0. The van der Waals surface area contributed by atoms with E-state index < -0.39 is 5.82 Å². The number of amidine groups is 1. The van der Waals surface area contributed by atoms with Gasteiger partial charge in [-0.15, -0.1) is 0 Å². The Morgan fingerprint density at radius 2 is 2.31 bits per heavy atom. The van der Waals surface area contributed by atoms with Crippen molar-refractivity contribution in [2.75, 3.05) is 0 Å². The van der Waals surface area contributed by atoms with Gasteiger partial charge in [0.2, 0.25) is 0 Å². The first-order valence-corrected chi connectivity index (χ1v) is 5.20. The average Bonchev–Trinajstić information content (AvgIpc) is 2.70. The third-order valence-electron chi connectivity index (χ3n) is 1.85. The van der Waals surface area contributed by atoms with E-state index in [1.54, 1.807) is 12.1 Å². The number of benzene rings is 1. The van der Waals surface area contributed by atoms with E-state index in [-0.39, 0.29) is 11.4 Å². The average molecular weight is 237 g/mol. The molecule has 6 heteroatoms. The van der Waals surface area contributed by atoms with Gasteiger partial charge in [-0.3, -0.25) is 5.41 Å². The summed E-state index contributed by atoms with van der Waals surface area (Å²) in [6.45, 7) is 0. The van der Waals surface area contributed by atoms with Gasteiger partial charge in [-0.1, -0.05) is 6.07 Å². The predicted molar refractivity (Wildman–Crippen MR) is 58.0 cm³/mol. The highest BCUT2D eigenvalue weighted by Crippen LogP contribution is 2.30. The van der Waals surface area contributed by atoms with Crippen LogP contribution < -0.4 is 5.73 Å². The molecule has 1 aromatic heterocycles. The summed E-state index contributed by atoms with van der Waals surface area (Å²) in [5.41, 5.74) is 5.40. The Morgan fingerprint density at radius 1 is 1.50 bits per heavy atom. The summed E-state index contributed by atoms with van der Waals surface area (Å²) < 4.78 is 18.5. The third kappa shape index (κ3) is 2.06. The molecule has 1 aromatic carbocycles. The van der Waals surface area contributed by atoms with Crippen molar-refractivity contribution < 1.29 is 8.81 Å². The number of nitrogens with two attached hydrogens (primary N) is 1. The minimum atomic E-state index is -0.524. The molecule has 0 amide bonds. The van der Waals surface area contributed by atoms with E-state index in [0.29, 0.717) is 10.1 Å². The highest BCUT2D eigenvalue weighted by atomic mass is 32.2. The molecule has 0 atom stereocenters. The summed E-state index contributed by atoms with van der Waals surface area (Å²) in [5, 5.41) is 7.70. The van der Waals surface area contributed by atoms with E-state index >= 15 is 0 Å². The summed E-state index contributed by atoms with van der Waals surface area (Å²) in [5.74, 6) is -0.837. The maximum atomic E-state index is 13.4. The van der Waals surface area contributed by atoms with Crippen molar-refractivity contribution in [2.45, 2.75) is 10.1 Å². The molecule has 0 aliphatic rings. The summed E-state index contributed by atoms with van der Waals surface area (Å²) >= 11 is 1.12. The first-order valence-electron chi connectivity index (χ1n) is 4.38. The molecule has 16 heavy (non-hydrogen) atoms. The second-order valence-corrected chi connectivity index (χ2v) is 3.92. The van der Waals surface area contributed by atoms with Crippen LogP contribution in [0.15, 0.2) is 45.2 Å². The van der Waals surface area contributed by atoms with Crippen molar-refractivity contribution >= 4 is 17.6 Å². The second-order valence-electron chi connectivity index (χ2n) is 2.93. The van der Waals surface area contributed by atoms with Crippen LogP contribution in [0.5, 0.6) is 0 Å². The molecule has 0 fully saturated rings. The summed E-state index contributed by atoms with van der Waals surface area (Å²) in [7, 11) is 0. The molecule has 0 saturated heterocycles. The fourth-order valence-electron chi connectivity index (χ4n) is 1.21. The highest BCUT2D eigenvalue weighted by Gasteiger charge is 2.13. The lowest BCUT2D eigenvalue weighted by molar-refractivity contribution is 0.454. The molecule has 0 unspecified atom stereocenters. The lowest BCUT2D eigenvalue weighted by atomic mass is 10.2. The highest BCUT2D eigenvalue weighted by molar-refractivity contribution is 7.99. The number of hydrogen-bond acceptors (Lipinski definition) is 4. The van der Waals surface area contributed by atoms with Gasteiger partial charge >= 0.3 is 0 Å². The Labute approximate surface area is 95.2 Å². The van der Waals surface area contributed by atoms with E-state index in [1.807, 2.05) is 0 Å². The van der Waals surface area contributed by atoms with Gasteiger partial charge in [-0.05, 0) is 23.9 Å². The molecule has 3 N–H and O–H groups in total. The smallest absolute Gasteiger partial charge is 0.260 e. The number of nitrogen functional groups attached to an aromatic ring is 1. The topological polar surface area (TPSA) is 75.9 Å². The molecule has 2 aromatic rings. The number of halogens is 1. The lowest BCUT2D eigenvalue weighted by Gasteiger charge is -2.06. The zero-order valence-corrected chi connectivity index (χ0v) is 8.92. The van der Waals surface area contributed by atoms with Crippen LogP contribution in [0.25, 0.3) is 0 Å². The van der Waals surface area contributed by atoms with Crippen LogP contribution in [0.2, 0.25) is 0 Å². The zero-order chi connectivity index (χ0) is 11.5. The Hall–Kier alpha value is -1.82. The monoisotopic (exact) mass is 237 g/mol. The van der Waals surface area contributed by atoms with E-state index in [9.17, 15) is 4.39 Å². The van der Waals surface area contributed by atoms with Crippen LogP contribution in [-0.2, 0) is 0 Å². The molecule has 2 rings (SSSR count). The van der Waals surface area contributed by atoms with E-state index in [0.717, 1.165) is 11.8 Å². The molecule has 0 saturated carbocycles. The molecule has 0 aliphatic heterocycles.